The standard InChI is InChI=1S/C17H26N4O.HI/c1-18-17(19-10-15-8-5-9-16(20-15)22-2)21-11-13-6-3-4-7-14(13)12-21;/h5,8-9,13-14H,3-4,6-7,10-12H2,1-2H3,(H,18,19);1H. The van der Waals surface area contributed by atoms with Gasteiger partial charge in [-0.3, -0.25) is 4.99 Å². The first-order valence-electron chi connectivity index (χ1n) is 8.25. The van der Waals surface area contributed by atoms with Crippen molar-refractivity contribution in [1.29, 1.82) is 0 Å². The van der Waals surface area contributed by atoms with E-state index in [9.17, 15) is 0 Å². The van der Waals surface area contributed by atoms with Crippen LogP contribution in [0, 0.1) is 11.8 Å². The number of hydrogen-bond acceptors (Lipinski definition) is 3. The van der Waals surface area contributed by atoms with E-state index in [1.165, 1.54) is 25.7 Å². The number of aliphatic imine (C=N–C) groups is 1. The number of aromatic nitrogens is 1. The zero-order valence-corrected chi connectivity index (χ0v) is 16.3. The van der Waals surface area contributed by atoms with E-state index in [1.54, 1.807) is 7.11 Å². The van der Waals surface area contributed by atoms with Crippen LogP contribution in [0.3, 0.4) is 0 Å². The molecule has 6 heteroatoms. The molecular weight excluding hydrogens is 403 g/mol. The molecule has 0 radical (unpaired) electrons. The molecule has 0 amide bonds. The van der Waals surface area contributed by atoms with Gasteiger partial charge in [-0.1, -0.05) is 18.9 Å². The van der Waals surface area contributed by atoms with E-state index in [0.29, 0.717) is 12.4 Å². The van der Waals surface area contributed by atoms with Gasteiger partial charge in [-0.15, -0.1) is 24.0 Å². The number of guanidine groups is 1. The second kappa shape index (κ2) is 8.70. The second-order valence-electron chi connectivity index (χ2n) is 6.28. The van der Waals surface area contributed by atoms with Crippen LogP contribution in [0.2, 0.25) is 0 Å². The monoisotopic (exact) mass is 430 g/mol. The summed E-state index contributed by atoms with van der Waals surface area (Å²) in [5, 5.41) is 3.45. The zero-order chi connectivity index (χ0) is 15.4. The average Bonchev–Trinajstić information content (AvgIpc) is 2.99. The number of hydrogen-bond donors (Lipinski definition) is 1. The molecule has 2 unspecified atom stereocenters. The van der Waals surface area contributed by atoms with Crippen molar-refractivity contribution in [2.45, 2.75) is 32.2 Å². The topological polar surface area (TPSA) is 49.8 Å². The van der Waals surface area contributed by atoms with Crippen molar-refractivity contribution in [3.05, 3.63) is 23.9 Å². The SMILES string of the molecule is CN=C(NCc1cccc(OC)n1)N1CC2CCCCC2C1.I. The Morgan fingerprint density at radius 1 is 1.30 bits per heavy atom. The van der Waals surface area contributed by atoms with Gasteiger partial charge in [0, 0.05) is 26.2 Å². The van der Waals surface area contributed by atoms with Crippen molar-refractivity contribution in [3.63, 3.8) is 0 Å². The Hall–Kier alpha value is -1.05. The molecule has 1 N–H and O–H groups in total. The molecule has 1 saturated heterocycles. The highest BCUT2D eigenvalue weighted by atomic mass is 127. The van der Waals surface area contributed by atoms with Gasteiger partial charge in [-0.25, -0.2) is 4.98 Å². The van der Waals surface area contributed by atoms with Crippen molar-refractivity contribution >= 4 is 29.9 Å². The van der Waals surface area contributed by atoms with Crippen LogP contribution in [0.15, 0.2) is 23.2 Å². The largest absolute Gasteiger partial charge is 0.481 e. The summed E-state index contributed by atoms with van der Waals surface area (Å²) in [7, 11) is 3.51. The Balaban J connectivity index is 0.00000192. The third-order valence-electron chi connectivity index (χ3n) is 4.91. The maximum atomic E-state index is 5.17. The van der Waals surface area contributed by atoms with Crippen LogP contribution in [0.5, 0.6) is 5.88 Å². The van der Waals surface area contributed by atoms with Crippen LogP contribution in [0.1, 0.15) is 31.4 Å². The lowest BCUT2D eigenvalue weighted by Gasteiger charge is -2.22. The number of halogens is 1. The maximum absolute atomic E-state index is 5.17. The average molecular weight is 430 g/mol. The first kappa shape index (κ1) is 18.3. The minimum absolute atomic E-state index is 0. The van der Waals surface area contributed by atoms with Crippen molar-refractivity contribution in [2.24, 2.45) is 16.8 Å². The summed E-state index contributed by atoms with van der Waals surface area (Å²) in [6.07, 6.45) is 5.56. The molecule has 5 nitrogen and oxygen atoms in total. The Labute approximate surface area is 155 Å². The number of rotatable bonds is 3. The molecule has 1 aliphatic carbocycles. The lowest BCUT2D eigenvalue weighted by molar-refractivity contribution is 0.299. The normalized spacial score (nSPS) is 23.9. The quantitative estimate of drug-likeness (QED) is 0.455. The van der Waals surface area contributed by atoms with Crippen LogP contribution < -0.4 is 10.1 Å². The van der Waals surface area contributed by atoms with Crippen LogP contribution in [-0.4, -0.2) is 43.1 Å². The van der Waals surface area contributed by atoms with Gasteiger partial charge < -0.3 is 15.0 Å². The summed E-state index contributed by atoms with van der Waals surface area (Å²) < 4.78 is 5.17. The zero-order valence-electron chi connectivity index (χ0n) is 14.0. The Morgan fingerprint density at radius 3 is 2.61 bits per heavy atom. The highest BCUT2D eigenvalue weighted by Crippen LogP contribution is 2.35. The predicted molar refractivity (Wildman–Crippen MR) is 103 cm³/mol. The van der Waals surface area contributed by atoms with Gasteiger partial charge >= 0.3 is 0 Å². The molecular formula is C17H27IN4O. The van der Waals surface area contributed by atoms with Crippen LogP contribution in [0.25, 0.3) is 0 Å². The summed E-state index contributed by atoms with van der Waals surface area (Å²) in [5.74, 6) is 3.38. The molecule has 23 heavy (non-hydrogen) atoms. The van der Waals surface area contributed by atoms with Gasteiger partial charge in [0.05, 0.1) is 19.3 Å². The lowest BCUT2D eigenvalue weighted by Crippen LogP contribution is -2.40. The molecule has 0 spiro atoms. The van der Waals surface area contributed by atoms with Crippen LogP contribution in [-0.2, 0) is 6.54 Å². The molecule has 128 valence electrons. The molecule has 3 rings (SSSR count). The predicted octanol–water partition coefficient (Wildman–Crippen LogP) is 2.91. The first-order chi connectivity index (χ1) is 10.8. The number of fused-ring (bicyclic) bond motifs is 1. The minimum atomic E-state index is 0. The fraction of sp³-hybridized carbons (Fsp3) is 0.647. The van der Waals surface area contributed by atoms with Crippen molar-refractivity contribution in [2.75, 3.05) is 27.2 Å². The summed E-state index contributed by atoms with van der Waals surface area (Å²) >= 11 is 0. The fourth-order valence-electron chi connectivity index (χ4n) is 3.75. The van der Waals surface area contributed by atoms with Gasteiger partial charge in [-0.05, 0) is 30.7 Å². The Kier molecular flexibility index (Phi) is 6.92. The Morgan fingerprint density at radius 2 is 2.00 bits per heavy atom. The third kappa shape index (κ3) is 4.49. The highest BCUT2D eigenvalue weighted by Gasteiger charge is 2.35. The molecule has 1 saturated carbocycles. The third-order valence-corrected chi connectivity index (χ3v) is 4.91. The van der Waals surface area contributed by atoms with E-state index in [1.807, 2.05) is 25.2 Å². The molecule has 2 aliphatic rings. The Bertz CT molecular complexity index is 523. The summed E-state index contributed by atoms with van der Waals surface area (Å²) in [4.78, 5) is 11.3. The maximum Gasteiger partial charge on any atom is 0.213 e. The van der Waals surface area contributed by atoms with Crippen molar-refractivity contribution in [1.82, 2.24) is 15.2 Å². The summed E-state index contributed by atoms with van der Waals surface area (Å²) in [5.41, 5.74) is 0.970. The van der Waals surface area contributed by atoms with Crippen LogP contribution in [0.4, 0.5) is 0 Å². The number of methoxy groups -OCH3 is 1. The molecule has 2 heterocycles. The molecule has 1 aliphatic heterocycles. The molecule has 1 aromatic rings. The van der Waals surface area contributed by atoms with Gasteiger partial charge in [0.2, 0.25) is 5.88 Å². The summed E-state index contributed by atoms with van der Waals surface area (Å²) in [6.45, 7) is 2.97. The molecule has 2 fully saturated rings. The molecule has 2 atom stereocenters. The van der Waals surface area contributed by atoms with Gasteiger partial charge in [0.15, 0.2) is 5.96 Å². The lowest BCUT2D eigenvalue weighted by atomic mass is 9.82. The van der Waals surface area contributed by atoms with E-state index in [2.05, 4.69) is 20.2 Å². The van der Waals surface area contributed by atoms with Gasteiger partial charge in [0.1, 0.15) is 0 Å². The number of pyridine rings is 1. The van der Waals surface area contributed by atoms with Crippen molar-refractivity contribution < 1.29 is 4.74 Å². The van der Waals surface area contributed by atoms with E-state index in [4.69, 9.17) is 4.74 Å². The number of nitrogens with one attached hydrogen (secondary N) is 1. The first-order valence-corrected chi connectivity index (χ1v) is 8.25. The number of nitrogens with zero attached hydrogens (tertiary/aromatic N) is 3. The van der Waals surface area contributed by atoms with Crippen LogP contribution >= 0.6 is 24.0 Å². The number of likely N-dealkylation sites (tertiary alicyclic amines) is 1. The fourth-order valence-corrected chi connectivity index (χ4v) is 3.75. The van der Waals surface area contributed by atoms with E-state index in [-0.39, 0.29) is 24.0 Å². The number of ether oxygens (including phenoxy) is 1. The second-order valence-corrected chi connectivity index (χ2v) is 6.28. The van der Waals surface area contributed by atoms with Crippen molar-refractivity contribution in [3.8, 4) is 5.88 Å². The summed E-state index contributed by atoms with van der Waals surface area (Å²) in [6, 6.07) is 5.84. The smallest absolute Gasteiger partial charge is 0.213 e. The van der Waals surface area contributed by atoms with E-state index >= 15 is 0 Å². The minimum Gasteiger partial charge on any atom is -0.481 e. The van der Waals surface area contributed by atoms with Gasteiger partial charge in [-0.2, -0.15) is 0 Å². The van der Waals surface area contributed by atoms with E-state index in [0.717, 1.165) is 36.6 Å². The van der Waals surface area contributed by atoms with Gasteiger partial charge in [0.25, 0.3) is 0 Å². The van der Waals surface area contributed by atoms with E-state index < -0.39 is 0 Å². The molecule has 0 bridgehead atoms. The molecule has 1 aromatic heterocycles. The highest BCUT2D eigenvalue weighted by molar-refractivity contribution is 14.0. The molecule has 0 aromatic carbocycles.